The summed E-state index contributed by atoms with van der Waals surface area (Å²) >= 11 is 6.16. The summed E-state index contributed by atoms with van der Waals surface area (Å²) in [6, 6.07) is 15.5. The predicted octanol–water partition coefficient (Wildman–Crippen LogP) is 5.07. The Morgan fingerprint density at radius 1 is 0.857 bits per heavy atom. The van der Waals surface area contributed by atoms with Crippen molar-refractivity contribution in [2.45, 2.75) is 6.92 Å². The van der Waals surface area contributed by atoms with Gasteiger partial charge in [0, 0.05) is 84.1 Å². The number of rotatable bonds is 6. The van der Waals surface area contributed by atoms with Crippen LogP contribution in [0.5, 0.6) is 11.5 Å². The zero-order chi connectivity index (χ0) is 24.4. The molecule has 2 aromatic heterocycles. The second kappa shape index (κ2) is 9.84. The van der Waals surface area contributed by atoms with Gasteiger partial charge in [0.05, 0.1) is 19.7 Å². The van der Waals surface area contributed by atoms with Crippen LogP contribution in [0.4, 0.5) is 23.1 Å². The minimum absolute atomic E-state index is 0.695. The number of aryl methyl sites for hydroxylation is 1. The summed E-state index contributed by atoms with van der Waals surface area (Å²) in [5.41, 5.74) is 3.81. The second-order valence-corrected chi connectivity index (χ2v) is 8.82. The summed E-state index contributed by atoms with van der Waals surface area (Å²) in [4.78, 5) is 18.6. The maximum Gasteiger partial charge on any atom is 0.227 e. The molecule has 1 N–H and O–H groups in total. The van der Waals surface area contributed by atoms with Crippen molar-refractivity contribution < 1.29 is 9.47 Å². The minimum Gasteiger partial charge on any atom is -0.497 e. The number of hydrogen-bond donors (Lipinski definition) is 1. The fraction of sp³-hybridized carbons (Fsp3) is 0.269. The minimum atomic E-state index is 0.695. The molecule has 0 atom stereocenters. The average Bonchev–Trinajstić information content (AvgIpc) is 2.87. The second-order valence-electron chi connectivity index (χ2n) is 8.39. The lowest BCUT2D eigenvalue weighted by Crippen LogP contribution is -2.47. The van der Waals surface area contributed by atoms with E-state index in [2.05, 4.69) is 26.2 Å². The number of anilines is 4. The van der Waals surface area contributed by atoms with Crippen molar-refractivity contribution in [3.05, 3.63) is 65.4 Å². The highest BCUT2D eigenvalue weighted by Gasteiger charge is 2.21. The Kier molecular flexibility index (Phi) is 6.46. The van der Waals surface area contributed by atoms with Gasteiger partial charge in [-0.25, -0.2) is 4.98 Å². The van der Waals surface area contributed by atoms with Crippen molar-refractivity contribution in [2.75, 3.05) is 55.5 Å². The third-order valence-electron chi connectivity index (χ3n) is 6.05. The SMILES string of the molecule is COc1cc(Nc2cc(C)nc(N3CCN(c4ccnc5cc(Cl)ccc45)CC3)n2)cc(OC)c1. The number of nitrogens with one attached hydrogen (secondary N) is 1. The first-order valence-electron chi connectivity index (χ1n) is 11.4. The Labute approximate surface area is 209 Å². The van der Waals surface area contributed by atoms with Gasteiger partial charge >= 0.3 is 0 Å². The molecule has 4 aromatic rings. The topological polar surface area (TPSA) is 75.6 Å². The Bertz CT molecular complexity index is 1340. The van der Waals surface area contributed by atoms with Crippen LogP contribution in [0.3, 0.4) is 0 Å². The molecule has 180 valence electrons. The highest BCUT2D eigenvalue weighted by atomic mass is 35.5. The van der Waals surface area contributed by atoms with Crippen LogP contribution in [-0.2, 0) is 0 Å². The van der Waals surface area contributed by atoms with E-state index in [1.807, 2.05) is 55.6 Å². The van der Waals surface area contributed by atoms with Crippen LogP contribution in [0.25, 0.3) is 10.9 Å². The van der Waals surface area contributed by atoms with Crippen LogP contribution in [0.2, 0.25) is 5.02 Å². The number of halogens is 1. The molecular weight excluding hydrogens is 464 g/mol. The van der Waals surface area contributed by atoms with Crippen molar-refractivity contribution >= 4 is 45.6 Å². The summed E-state index contributed by atoms with van der Waals surface area (Å²) in [5, 5.41) is 5.17. The molecule has 0 spiro atoms. The molecule has 0 radical (unpaired) electrons. The lowest BCUT2D eigenvalue weighted by Gasteiger charge is -2.36. The van der Waals surface area contributed by atoms with Crippen LogP contribution in [0.15, 0.2) is 54.7 Å². The van der Waals surface area contributed by atoms with E-state index in [4.69, 9.17) is 31.0 Å². The molecule has 3 heterocycles. The first-order chi connectivity index (χ1) is 17.0. The van der Waals surface area contributed by atoms with Crippen molar-refractivity contribution in [1.29, 1.82) is 0 Å². The third-order valence-corrected chi connectivity index (χ3v) is 6.29. The normalized spacial score (nSPS) is 13.7. The van der Waals surface area contributed by atoms with Gasteiger partial charge in [-0.1, -0.05) is 11.6 Å². The lowest BCUT2D eigenvalue weighted by atomic mass is 10.1. The Balaban J connectivity index is 1.33. The number of aromatic nitrogens is 3. The van der Waals surface area contributed by atoms with Gasteiger partial charge in [0.1, 0.15) is 17.3 Å². The third kappa shape index (κ3) is 5.02. The quantitative estimate of drug-likeness (QED) is 0.401. The number of methoxy groups -OCH3 is 2. The smallest absolute Gasteiger partial charge is 0.227 e. The summed E-state index contributed by atoms with van der Waals surface area (Å²) in [6.07, 6.45) is 1.84. The highest BCUT2D eigenvalue weighted by Crippen LogP contribution is 2.30. The van der Waals surface area contributed by atoms with E-state index in [0.29, 0.717) is 22.5 Å². The molecule has 0 bridgehead atoms. The standard InChI is InChI=1S/C26H27ClN6O2/c1-17-12-25(30-19-14-20(34-2)16-21(15-19)35-3)31-26(29-17)33-10-8-32(9-11-33)24-6-7-28-23-13-18(27)4-5-22(23)24/h4-7,12-16H,8-11H2,1-3H3,(H,29,30,31). The van der Waals surface area contributed by atoms with Crippen LogP contribution in [0, 0.1) is 6.92 Å². The largest absolute Gasteiger partial charge is 0.497 e. The number of piperazine rings is 1. The first kappa shape index (κ1) is 23.0. The van der Waals surface area contributed by atoms with Gasteiger partial charge in [-0.15, -0.1) is 0 Å². The molecule has 1 aliphatic heterocycles. The van der Waals surface area contributed by atoms with E-state index in [0.717, 1.165) is 54.3 Å². The number of benzene rings is 2. The Morgan fingerprint density at radius 2 is 1.57 bits per heavy atom. The molecule has 0 amide bonds. The molecular formula is C26H27ClN6O2. The van der Waals surface area contributed by atoms with E-state index in [-0.39, 0.29) is 0 Å². The van der Waals surface area contributed by atoms with E-state index in [9.17, 15) is 0 Å². The zero-order valence-electron chi connectivity index (χ0n) is 20.0. The van der Waals surface area contributed by atoms with Crippen molar-refractivity contribution in [3.8, 4) is 11.5 Å². The van der Waals surface area contributed by atoms with Crippen molar-refractivity contribution in [1.82, 2.24) is 15.0 Å². The summed E-state index contributed by atoms with van der Waals surface area (Å²) in [7, 11) is 3.27. The average molecular weight is 491 g/mol. The molecule has 1 aliphatic rings. The first-order valence-corrected chi connectivity index (χ1v) is 11.8. The Hall–Kier alpha value is -3.78. The summed E-state index contributed by atoms with van der Waals surface area (Å²) < 4.78 is 10.8. The van der Waals surface area contributed by atoms with Gasteiger partial charge in [0.2, 0.25) is 5.95 Å². The lowest BCUT2D eigenvalue weighted by molar-refractivity contribution is 0.395. The monoisotopic (exact) mass is 490 g/mol. The molecule has 1 fully saturated rings. The van der Waals surface area contributed by atoms with Crippen LogP contribution >= 0.6 is 11.6 Å². The predicted molar refractivity (Wildman–Crippen MR) is 141 cm³/mol. The Morgan fingerprint density at radius 3 is 2.29 bits per heavy atom. The van der Waals surface area contributed by atoms with Crippen molar-refractivity contribution in [3.63, 3.8) is 0 Å². The number of hydrogen-bond acceptors (Lipinski definition) is 8. The molecule has 2 aromatic carbocycles. The molecule has 5 rings (SSSR count). The van der Waals surface area contributed by atoms with E-state index >= 15 is 0 Å². The summed E-state index contributed by atoms with van der Waals surface area (Å²) in [5.74, 6) is 2.86. The van der Waals surface area contributed by atoms with Gasteiger partial charge in [-0.2, -0.15) is 4.98 Å². The molecule has 9 heteroatoms. The van der Waals surface area contributed by atoms with Gasteiger partial charge in [-0.05, 0) is 31.2 Å². The van der Waals surface area contributed by atoms with Crippen LogP contribution in [-0.4, -0.2) is 55.4 Å². The van der Waals surface area contributed by atoms with Gasteiger partial charge in [0.25, 0.3) is 0 Å². The van der Waals surface area contributed by atoms with E-state index in [1.165, 1.54) is 5.69 Å². The highest BCUT2D eigenvalue weighted by molar-refractivity contribution is 6.31. The maximum atomic E-state index is 6.16. The molecule has 1 saturated heterocycles. The van der Waals surface area contributed by atoms with E-state index < -0.39 is 0 Å². The number of nitrogens with zero attached hydrogens (tertiary/aromatic N) is 5. The molecule has 0 aliphatic carbocycles. The fourth-order valence-corrected chi connectivity index (χ4v) is 4.48. The molecule has 0 saturated carbocycles. The number of pyridine rings is 1. The van der Waals surface area contributed by atoms with Gasteiger partial charge in [-0.3, -0.25) is 4.98 Å². The fourth-order valence-electron chi connectivity index (χ4n) is 4.32. The molecule has 0 unspecified atom stereocenters. The number of fused-ring (bicyclic) bond motifs is 1. The van der Waals surface area contributed by atoms with Gasteiger partial charge < -0.3 is 24.6 Å². The van der Waals surface area contributed by atoms with Crippen molar-refractivity contribution in [2.24, 2.45) is 0 Å². The maximum absolute atomic E-state index is 6.16. The zero-order valence-corrected chi connectivity index (χ0v) is 20.7. The molecule has 35 heavy (non-hydrogen) atoms. The number of ether oxygens (including phenoxy) is 2. The van der Waals surface area contributed by atoms with E-state index in [1.54, 1.807) is 14.2 Å². The van der Waals surface area contributed by atoms with Crippen LogP contribution in [0.1, 0.15) is 5.69 Å². The molecule has 8 nitrogen and oxygen atoms in total. The van der Waals surface area contributed by atoms with Crippen LogP contribution < -0.4 is 24.6 Å². The van der Waals surface area contributed by atoms with Gasteiger partial charge in [0.15, 0.2) is 0 Å². The summed E-state index contributed by atoms with van der Waals surface area (Å²) in [6.45, 7) is 5.32.